The van der Waals surface area contributed by atoms with Crippen molar-refractivity contribution in [1.29, 1.82) is 0 Å². The quantitative estimate of drug-likeness (QED) is 0.633. The van der Waals surface area contributed by atoms with E-state index in [4.69, 9.17) is 10.5 Å². The Morgan fingerprint density at radius 3 is 2.64 bits per heavy atom. The Bertz CT molecular complexity index is 287. The number of carbonyl (C=O) groups is 1. The maximum absolute atomic E-state index is 11.8. The van der Waals surface area contributed by atoms with Crippen LogP contribution in [0.3, 0.4) is 0 Å². The third kappa shape index (κ3) is 0.842. The molecule has 4 aliphatic rings. The first-order valence-corrected chi connectivity index (χ1v) is 5.50. The molecule has 3 nitrogen and oxygen atoms in total. The first-order chi connectivity index (χ1) is 6.66. The van der Waals surface area contributed by atoms with Crippen molar-refractivity contribution < 1.29 is 9.53 Å². The molecule has 4 saturated carbocycles. The number of hydrogen-bond donors (Lipinski definition) is 1. The normalized spacial score (nSPS) is 53.9. The molecular weight excluding hydrogens is 178 g/mol. The highest BCUT2D eigenvalue weighted by Crippen LogP contribution is 2.63. The summed E-state index contributed by atoms with van der Waals surface area (Å²) in [6, 6.07) is 0.361. The molecule has 4 fully saturated rings. The summed E-state index contributed by atoms with van der Waals surface area (Å²) < 4.78 is 4.93. The van der Waals surface area contributed by atoms with Gasteiger partial charge in [-0.25, -0.2) is 0 Å². The van der Waals surface area contributed by atoms with E-state index in [-0.39, 0.29) is 11.4 Å². The molecule has 5 atom stereocenters. The third-order valence-electron chi connectivity index (χ3n) is 4.80. The Kier molecular flexibility index (Phi) is 1.56. The zero-order valence-electron chi connectivity index (χ0n) is 8.53. The summed E-state index contributed by atoms with van der Waals surface area (Å²) in [6.45, 7) is 0. The molecule has 0 aromatic rings. The van der Waals surface area contributed by atoms with Crippen LogP contribution in [0.15, 0.2) is 0 Å². The maximum Gasteiger partial charge on any atom is 0.311 e. The summed E-state index contributed by atoms with van der Waals surface area (Å²) >= 11 is 0. The molecule has 4 rings (SSSR count). The van der Waals surface area contributed by atoms with Crippen LogP contribution < -0.4 is 5.73 Å². The van der Waals surface area contributed by atoms with Gasteiger partial charge in [0.1, 0.15) is 0 Å². The van der Waals surface area contributed by atoms with E-state index < -0.39 is 0 Å². The molecule has 3 heteroatoms. The second kappa shape index (κ2) is 2.51. The van der Waals surface area contributed by atoms with Crippen LogP contribution in [0.2, 0.25) is 0 Å². The van der Waals surface area contributed by atoms with Crippen molar-refractivity contribution in [2.24, 2.45) is 28.9 Å². The van der Waals surface area contributed by atoms with Crippen molar-refractivity contribution in [1.82, 2.24) is 0 Å². The van der Waals surface area contributed by atoms with Crippen molar-refractivity contribution in [3.05, 3.63) is 0 Å². The molecule has 0 aromatic heterocycles. The summed E-state index contributed by atoms with van der Waals surface area (Å²) in [5.41, 5.74) is 6.01. The standard InChI is InChI=1S/C11H17NO2/c1-14-10(13)11-3-6-2-7(4-11)9(12)8(6)5-11/h6-9H,2-5,12H2,1H3/t6-,7?,8?,9?,11?/m0/s1. The van der Waals surface area contributed by atoms with Crippen LogP contribution in [0, 0.1) is 23.2 Å². The largest absolute Gasteiger partial charge is 0.469 e. The summed E-state index contributed by atoms with van der Waals surface area (Å²) in [7, 11) is 1.50. The second-order valence-corrected chi connectivity index (χ2v) is 5.38. The van der Waals surface area contributed by atoms with Crippen molar-refractivity contribution in [3.8, 4) is 0 Å². The first kappa shape index (κ1) is 8.72. The van der Waals surface area contributed by atoms with Gasteiger partial charge in [0.05, 0.1) is 12.5 Å². The molecule has 14 heavy (non-hydrogen) atoms. The van der Waals surface area contributed by atoms with Gasteiger partial charge in [0.25, 0.3) is 0 Å². The fraction of sp³-hybridized carbons (Fsp3) is 0.909. The minimum atomic E-state index is -0.136. The van der Waals surface area contributed by atoms with E-state index in [1.165, 1.54) is 13.5 Å². The molecule has 4 aliphatic carbocycles. The van der Waals surface area contributed by atoms with Crippen LogP contribution in [-0.4, -0.2) is 19.1 Å². The first-order valence-electron chi connectivity index (χ1n) is 5.50. The second-order valence-electron chi connectivity index (χ2n) is 5.38. The molecule has 0 spiro atoms. The molecule has 0 heterocycles. The van der Waals surface area contributed by atoms with Crippen LogP contribution in [0.4, 0.5) is 0 Å². The maximum atomic E-state index is 11.8. The lowest BCUT2D eigenvalue weighted by atomic mass is 9.68. The van der Waals surface area contributed by atoms with Crippen LogP contribution >= 0.6 is 0 Å². The molecule has 2 N–H and O–H groups in total. The van der Waals surface area contributed by atoms with Gasteiger partial charge >= 0.3 is 5.97 Å². The van der Waals surface area contributed by atoms with E-state index >= 15 is 0 Å². The van der Waals surface area contributed by atoms with Gasteiger partial charge in [-0.15, -0.1) is 0 Å². The summed E-state index contributed by atoms with van der Waals surface area (Å²) in [6.07, 6.45) is 4.26. The Balaban J connectivity index is 1.92. The van der Waals surface area contributed by atoms with Gasteiger partial charge in [-0.1, -0.05) is 0 Å². The number of carbonyl (C=O) groups excluding carboxylic acids is 1. The van der Waals surface area contributed by atoms with Crippen molar-refractivity contribution in [2.45, 2.75) is 31.7 Å². The SMILES string of the molecule is COC(=O)C12CC3C[C@@H](C1)C(C2)C3N. The Labute approximate surface area is 84.0 Å². The van der Waals surface area contributed by atoms with E-state index in [0.29, 0.717) is 23.8 Å². The van der Waals surface area contributed by atoms with E-state index in [9.17, 15) is 4.79 Å². The Morgan fingerprint density at radius 1 is 1.36 bits per heavy atom. The lowest BCUT2D eigenvalue weighted by Gasteiger charge is -2.38. The average Bonchev–Trinajstić information content (AvgIpc) is 2.58. The monoisotopic (exact) mass is 195 g/mol. The number of methoxy groups -OCH3 is 1. The lowest BCUT2D eigenvalue weighted by Crippen LogP contribution is -2.44. The highest BCUT2D eigenvalue weighted by atomic mass is 16.5. The van der Waals surface area contributed by atoms with Gasteiger partial charge < -0.3 is 10.5 Å². The van der Waals surface area contributed by atoms with Crippen molar-refractivity contribution in [2.75, 3.05) is 7.11 Å². The van der Waals surface area contributed by atoms with Crippen LogP contribution in [0.5, 0.6) is 0 Å². The molecule has 0 saturated heterocycles. The number of nitrogens with two attached hydrogens (primary N) is 1. The van der Waals surface area contributed by atoms with Crippen LogP contribution in [-0.2, 0) is 9.53 Å². The van der Waals surface area contributed by atoms with Gasteiger partial charge in [-0.3, -0.25) is 4.79 Å². The fourth-order valence-corrected chi connectivity index (χ4v) is 4.31. The third-order valence-corrected chi connectivity index (χ3v) is 4.80. The number of rotatable bonds is 1. The summed E-state index contributed by atoms with van der Waals surface area (Å²) in [5.74, 6) is 1.92. The minimum Gasteiger partial charge on any atom is -0.469 e. The van der Waals surface area contributed by atoms with Crippen LogP contribution in [0.1, 0.15) is 25.7 Å². The fourth-order valence-electron chi connectivity index (χ4n) is 4.31. The molecule has 4 bridgehead atoms. The van der Waals surface area contributed by atoms with E-state index in [1.807, 2.05) is 0 Å². The summed E-state index contributed by atoms with van der Waals surface area (Å²) in [4.78, 5) is 11.8. The van der Waals surface area contributed by atoms with Gasteiger partial charge in [0, 0.05) is 6.04 Å². The molecular formula is C11H17NO2. The van der Waals surface area contributed by atoms with Gasteiger partial charge in [-0.05, 0) is 43.4 Å². The van der Waals surface area contributed by atoms with Gasteiger partial charge in [-0.2, -0.15) is 0 Å². The molecule has 4 unspecified atom stereocenters. The van der Waals surface area contributed by atoms with Crippen LogP contribution in [0.25, 0.3) is 0 Å². The average molecular weight is 195 g/mol. The molecule has 0 radical (unpaired) electrons. The van der Waals surface area contributed by atoms with Crippen molar-refractivity contribution in [3.63, 3.8) is 0 Å². The van der Waals surface area contributed by atoms with E-state index in [0.717, 1.165) is 19.3 Å². The topological polar surface area (TPSA) is 52.3 Å². The van der Waals surface area contributed by atoms with Gasteiger partial charge in [0.2, 0.25) is 0 Å². The van der Waals surface area contributed by atoms with E-state index in [2.05, 4.69) is 0 Å². The number of hydrogen-bond acceptors (Lipinski definition) is 3. The molecule has 0 amide bonds. The van der Waals surface area contributed by atoms with Crippen molar-refractivity contribution >= 4 is 5.97 Å². The zero-order valence-corrected chi connectivity index (χ0v) is 8.53. The zero-order chi connectivity index (χ0) is 9.92. The Morgan fingerprint density at radius 2 is 2.07 bits per heavy atom. The molecule has 0 aromatic carbocycles. The number of esters is 1. The predicted octanol–water partition coefficient (Wildman–Crippen LogP) is 0.923. The minimum absolute atomic E-state index is 0.0154. The molecule has 0 aliphatic heterocycles. The smallest absolute Gasteiger partial charge is 0.311 e. The summed E-state index contributed by atoms with van der Waals surface area (Å²) in [5, 5.41) is 0. The lowest BCUT2D eigenvalue weighted by molar-refractivity contribution is -0.156. The van der Waals surface area contributed by atoms with E-state index in [1.54, 1.807) is 0 Å². The highest BCUT2D eigenvalue weighted by molar-refractivity contribution is 5.77. The highest BCUT2D eigenvalue weighted by Gasteiger charge is 2.62. The number of ether oxygens (including phenoxy) is 1. The Hall–Kier alpha value is -0.570. The predicted molar refractivity (Wildman–Crippen MR) is 51.4 cm³/mol. The van der Waals surface area contributed by atoms with Gasteiger partial charge in [0.15, 0.2) is 0 Å². The molecule has 78 valence electrons.